The Balaban J connectivity index is 1.46. The molecule has 1 saturated heterocycles. The monoisotopic (exact) mass is 390 g/mol. The quantitative estimate of drug-likeness (QED) is 0.801. The molecule has 1 aromatic carbocycles. The van der Waals surface area contributed by atoms with Crippen LogP contribution in [-0.2, 0) is 9.59 Å². The van der Waals surface area contributed by atoms with Gasteiger partial charge in [0.05, 0.1) is 18.8 Å². The summed E-state index contributed by atoms with van der Waals surface area (Å²) < 4.78 is 0. The van der Waals surface area contributed by atoms with E-state index in [1.807, 2.05) is 41.8 Å². The first-order valence-corrected chi connectivity index (χ1v) is 10.8. The van der Waals surface area contributed by atoms with Crippen LogP contribution < -0.4 is 10.2 Å². The zero-order valence-electron chi connectivity index (χ0n) is 16.3. The van der Waals surface area contributed by atoms with Gasteiger partial charge in [-0.2, -0.15) is 0 Å². The Morgan fingerprint density at radius 3 is 2.44 bits per heavy atom. The van der Waals surface area contributed by atoms with E-state index >= 15 is 0 Å². The molecule has 3 rings (SSSR count). The first-order valence-electron chi connectivity index (χ1n) is 9.83. The lowest BCUT2D eigenvalue weighted by atomic mass is 10.2. The zero-order valence-corrected chi connectivity index (χ0v) is 17.1. The van der Waals surface area contributed by atoms with E-state index in [0.717, 1.165) is 50.6 Å². The second kappa shape index (κ2) is 9.57. The van der Waals surface area contributed by atoms with Crippen LogP contribution in [0, 0.1) is 0 Å². The van der Waals surface area contributed by atoms with Crippen molar-refractivity contribution in [1.29, 1.82) is 0 Å². The van der Waals surface area contributed by atoms with Crippen molar-refractivity contribution in [3.05, 3.63) is 24.3 Å². The Morgan fingerprint density at radius 2 is 1.74 bits per heavy atom. The summed E-state index contributed by atoms with van der Waals surface area (Å²) in [5, 5.41) is 3.02. The van der Waals surface area contributed by atoms with Crippen molar-refractivity contribution in [2.75, 3.05) is 56.5 Å². The standard InChI is InChI=1S/C20H30N4O2S/c1-3-16(2)21-19(25)14-22-8-10-23(11-9-22)15-20(26)24-12-13-27-18-7-5-4-6-17(18)24/h4-7,16H,3,8-15H2,1-2H3,(H,21,25)/t16-/m1/s1. The minimum absolute atomic E-state index is 0.0938. The summed E-state index contributed by atoms with van der Waals surface area (Å²) in [6, 6.07) is 8.36. The highest BCUT2D eigenvalue weighted by Gasteiger charge is 2.26. The fourth-order valence-corrected chi connectivity index (χ4v) is 4.43. The highest BCUT2D eigenvalue weighted by molar-refractivity contribution is 7.99. The molecule has 0 radical (unpaired) electrons. The van der Waals surface area contributed by atoms with Crippen LogP contribution in [0.1, 0.15) is 20.3 Å². The molecule has 2 heterocycles. The van der Waals surface area contributed by atoms with E-state index in [4.69, 9.17) is 0 Å². The maximum Gasteiger partial charge on any atom is 0.241 e. The summed E-state index contributed by atoms with van der Waals surface area (Å²) in [6.45, 7) is 9.07. The van der Waals surface area contributed by atoms with Crippen LogP contribution in [-0.4, -0.2) is 79.2 Å². The number of nitrogens with one attached hydrogen (secondary N) is 1. The van der Waals surface area contributed by atoms with Gasteiger partial charge in [0.2, 0.25) is 11.8 Å². The minimum atomic E-state index is 0.0938. The Kier molecular flexibility index (Phi) is 7.15. The summed E-state index contributed by atoms with van der Waals surface area (Å²) in [5.74, 6) is 1.21. The highest BCUT2D eigenvalue weighted by atomic mass is 32.2. The number of para-hydroxylation sites is 1. The number of thioether (sulfide) groups is 1. The van der Waals surface area contributed by atoms with Gasteiger partial charge in [-0.25, -0.2) is 0 Å². The van der Waals surface area contributed by atoms with Gasteiger partial charge in [0.1, 0.15) is 0 Å². The van der Waals surface area contributed by atoms with Gasteiger partial charge in [0.15, 0.2) is 0 Å². The van der Waals surface area contributed by atoms with Gasteiger partial charge >= 0.3 is 0 Å². The number of rotatable bonds is 6. The molecule has 0 aromatic heterocycles. The molecule has 1 N–H and O–H groups in total. The molecule has 1 atom stereocenters. The molecular formula is C20H30N4O2S. The summed E-state index contributed by atoms with van der Waals surface area (Å²) in [5.41, 5.74) is 1.04. The predicted molar refractivity (Wildman–Crippen MR) is 110 cm³/mol. The smallest absolute Gasteiger partial charge is 0.241 e. The number of anilines is 1. The predicted octanol–water partition coefficient (Wildman–Crippen LogP) is 1.66. The molecule has 2 amide bonds. The van der Waals surface area contributed by atoms with Crippen LogP contribution in [0.15, 0.2) is 29.2 Å². The molecule has 1 fully saturated rings. The van der Waals surface area contributed by atoms with E-state index in [0.29, 0.717) is 13.1 Å². The van der Waals surface area contributed by atoms with Crippen molar-refractivity contribution in [1.82, 2.24) is 15.1 Å². The third kappa shape index (κ3) is 5.46. The van der Waals surface area contributed by atoms with Crippen molar-refractivity contribution < 1.29 is 9.59 Å². The number of amides is 2. The lowest BCUT2D eigenvalue weighted by Gasteiger charge is -2.36. The Morgan fingerprint density at radius 1 is 1.07 bits per heavy atom. The molecule has 0 aliphatic carbocycles. The van der Waals surface area contributed by atoms with Gasteiger partial charge in [-0.3, -0.25) is 19.4 Å². The second-order valence-corrected chi connectivity index (χ2v) is 8.43. The number of benzene rings is 1. The van der Waals surface area contributed by atoms with E-state index < -0.39 is 0 Å². The van der Waals surface area contributed by atoms with Gasteiger partial charge < -0.3 is 10.2 Å². The molecule has 27 heavy (non-hydrogen) atoms. The number of carbonyl (C=O) groups is 2. The average molecular weight is 391 g/mol. The normalized spacial score (nSPS) is 19.4. The van der Waals surface area contributed by atoms with Crippen molar-refractivity contribution in [3.63, 3.8) is 0 Å². The lowest BCUT2D eigenvalue weighted by molar-refractivity contribution is -0.124. The lowest BCUT2D eigenvalue weighted by Crippen LogP contribution is -2.52. The summed E-state index contributed by atoms with van der Waals surface area (Å²) in [7, 11) is 0. The second-order valence-electron chi connectivity index (χ2n) is 7.29. The Bertz CT molecular complexity index is 661. The summed E-state index contributed by atoms with van der Waals surface area (Å²) >= 11 is 1.82. The molecule has 0 spiro atoms. The molecule has 6 nitrogen and oxygen atoms in total. The van der Waals surface area contributed by atoms with Crippen molar-refractivity contribution in [2.45, 2.75) is 31.2 Å². The maximum absolute atomic E-state index is 12.8. The third-order valence-electron chi connectivity index (χ3n) is 5.24. The van der Waals surface area contributed by atoms with E-state index in [9.17, 15) is 9.59 Å². The number of nitrogens with zero attached hydrogens (tertiary/aromatic N) is 3. The van der Waals surface area contributed by atoms with Crippen molar-refractivity contribution in [2.24, 2.45) is 0 Å². The van der Waals surface area contributed by atoms with Gasteiger partial charge in [0.25, 0.3) is 0 Å². The summed E-state index contributed by atoms with van der Waals surface area (Å²) in [6.07, 6.45) is 0.944. The molecule has 7 heteroatoms. The van der Waals surface area contributed by atoms with Crippen LogP contribution >= 0.6 is 11.8 Å². The number of hydrogen-bond acceptors (Lipinski definition) is 5. The molecule has 0 saturated carbocycles. The van der Waals surface area contributed by atoms with Gasteiger partial charge in [-0.05, 0) is 25.5 Å². The number of piperazine rings is 1. The van der Waals surface area contributed by atoms with Crippen LogP contribution in [0.25, 0.3) is 0 Å². The van der Waals surface area contributed by atoms with Crippen molar-refractivity contribution >= 4 is 29.3 Å². The molecular weight excluding hydrogens is 360 g/mol. The van der Waals surface area contributed by atoms with Gasteiger partial charge in [-0.1, -0.05) is 19.1 Å². The zero-order chi connectivity index (χ0) is 19.2. The molecule has 2 aliphatic heterocycles. The van der Waals surface area contributed by atoms with Crippen LogP contribution in [0.5, 0.6) is 0 Å². The number of hydrogen-bond donors (Lipinski definition) is 1. The number of fused-ring (bicyclic) bond motifs is 1. The highest BCUT2D eigenvalue weighted by Crippen LogP contribution is 2.34. The fraction of sp³-hybridized carbons (Fsp3) is 0.600. The maximum atomic E-state index is 12.8. The molecule has 1 aromatic rings. The van der Waals surface area contributed by atoms with E-state index in [1.165, 1.54) is 4.90 Å². The van der Waals surface area contributed by atoms with E-state index in [2.05, 4.69) is 28.1 Å². The fourth-order valence-electron chi connectivity index (χ4n) is 3.44. The van der Waals surface area contributed by atoms with Crippen LogP contribution in [0.4, 0.5) is 5.69 Å². The molecule has 2 aliphatic rings. The minimum Gasteiger partial charge on any atom is -0.353 e. The Labute approximate surface area is 166 Å². The van der Waals surface area contributed by atoms with E-state index in [1.54, 1.807) is 0 Å². The molecule has 0 bridgehead atoms. The van der Waals surface area contributed by atoms with E-state index in [-0.39, 0.29) is 17.9 Å². The van der Waals surface area contributed by atoms with Crippen LogP contribution in [0.2, 0.25) is 0 Å². The molecule has 0 unspecified atom stereocenters. The molecule has 148 valence electrons. The largest absolute Gasteiger partial charge is 0.353 e. The topological polar surface area (TPSA) is 55.9 Å². The SMILES string of the molecule is CC[C@@H](C)NC(=O)CN1CCN(CC(=O)N2CCSc3ccccc32)CC1. The average Bonchev–Trinajstić information content (AvgIpc) is 2.68. The van der Waals surface area contributed by atoms with Gasteiger partial charge in [0, 0.05) is 49.4 Å². The third-order valence-corrected chi connectivity index (χ3v) is 6.28. The number of carbonyl (C=O) groups excluding carboxylic acids is 2. The van der Waals surface area contributed by atoms with Crippen LogP contribution in [0.3, 0.4) is 0 Å². The van der Waals surface area contributed by atoms with Gasteiger partial charge in [-0.15, -0.1) is 11.8 Å². The van der Waals surface area contributed by atoms with Crippen molar-refractivity contribution in [3.8, 4) is 0 Å². The first-order chi connectivity index (χ1) is 13.1. The Hall–Kier alpha value is -1.57. The summed E-state index contributed by atoms with van der Waals surface area (Å²) in [4.78, 5) is 32.4. The first kappa shape index (κ1) is 20.2.